The number of ether oxygens (including phenoxy) is 1. The third-order valence-corrected chi connectivity index (χ3v) is 5.10. The van der Waals surface area contributed by atoms with Gasteiger partial charge in [0.15, 0.2) is 0 Å². The van der Waals surface area contributed by atoms with Crippen LogP contribution in [0.2, 0.25) is 5.02 Å². The van der Waals surface area contributed by atoms with Gasteiger partial charge in [0.1, 0.15) is 5.75 Å². The highest BCUT2D eigenvalue weighted by Gasteiger charge is 2.40. The van der Waals surface area contributed by atoms with E-state index in [0.29, 0.717) is 32.5 Å². The number of anilines is 1. The molecule has 0 unspecified atom stereocenters. The SMILES string of the molecule is CCSC1=C(c2ccc(OC(C)C)cc2)C(=O)N(c2cccc(Cl)c2)C1=O. The van der Waals surface area contributed by atoms with Gasteiger partial charge in [-0.05, 0) is 55.5 Å². The summed E-state index contributed by atoms with van der Waals surface area (Å²) in [5.41, 5.74) is 1.59. The van der Waals surface area contributed by atoms with Crippen LogP contribution in [0.3, 0.4) is 0 Å². The fraction of sp³-hybridized carbons (Fsp3) is 0.238. The van der Waals surface area contributed by atoms with Crippen molar-refractivity contribution in [1.29, 1.82) is 0 Å². The van der Waals surface area contributed by atoms with Crippen molar-refractivity contribution >= 4 is 46.4 Å². The molecule has 0 spiro atoms. The van der Waals surface area contributed by atoms with E-state index in [9.17, 15) is 9.59 Å². The summed E-state index contributed by atoms with van der Waals surface area (Å²) in [4.78, 5) is 27.8. The lowest BCUT2D eigenvalue weighted by atomic mass is 10.1. The van der Waals surface area contributed by atoms with Crippen molar-refractivity contribution in [3.05, 3.63) is 64.0 Å². The molecule has 0 aromatic heterocycles. The monoisotopic (exact) mass is 401 g/mol. The molecule has 2 amide bonds. The number of rotatable bonds is 6. The second kappa shape index (κ2) is 8.19. The molecule has 0 atom stereocenters. The van der Waals surface area contributed by atoms with Crippen LogP contribution in [-0.2, 0) is 9.59 Å². The molecule has 0 fully saturated rings. The zero-order chi connectivity index (χ0) is 19.6. The number of thioether (sulfide) groups is 1. The average molecular weight is 402 g/mol. The zero-order valence-corrected chi connectivity index (χ0v) is 16.9. The van der Waals surface area contributed by atoms with E-state index in [4.69, 9.17) is 16.3 Å². The third kappa shape index (κ3) is 4.04. The van der Waals surface area contributed by atoms with Gasteiger partial charge in [0.25, 0.3) is 11.8 Å². The Morgan fingerprint density at radius 3 is 2.37 bits per heavy atom. The van der Waals surface area contributed by atoms with Gasteiger partial charge >= 0.3 is 0 Å². The Labute approximate surface area is 168 Å². The van der Waals surface area contributed by atoms with Crippen molar-refractivity contribution in [2.45, 2.75) is 26.9 Å². The second-order valence-corrected chi connectivity index (χ2v) is 7.96. The summed E-state index contributed by atoms with van der Waals surface area (Å²) in [6, 6.07) is 14.0. The number of carbonyl (C=O) groups is 2. The van der Waals surface area contributed by atoms with E-state index in [2.05, 4.69) is 0 Å². The minimum Gasteiger partial charge on any atom is -0.491 e. The van der Waals surface area contributed by atoms with E-state index < -0.39 is 0 Å². The Bertz CT molecular complexity index is 906. The van der Waals surface area contributed by atoms with Crippen molar-refractivity contribution in [3.8, 4) is 5.75 Å². The Morgan fingerprint density at radius 1 is 1.07 bits per heavy atom. The highest BCUT2D eigenvalue weighted by molar-refractivity contribution is 8.04. The maximum absolute atomic E-state index is 13.1. The van der Waals surface area contributed by atoms with Gasteiger partial charge in [0.2, 0.25) is 0 Å². The molecule has 140 valence electrons. The summed E-state index contributed by atoms with van der Waals surface area (Å²) < 4.78 is 5.66. The van der Waals surface area contributed by atoms with E-state index in [0.717, 1.165) is 5.75 Å². The van der Waals surface area contributed by atoms with Gasteiger partial charge in [0, 0.05) is 5.02 Å². The number of hydrogen-bond donors (Lipinski definition) is 0. The quantitative estimate of drug-likeness (QED) is 0.627. The Morgan fingerprint density at radius 2 is 1.78 bits per heavy atom. The first kappa shape index (κ1) is 19.5. The summed E-state index contributed by atoms with van der Waals surface area (Å²) in [6.45, 7) is 5.86. The average Bonchev–Trinajstić information content (AvgIpc) is 2.86. The molecule has 1 aliphatic rings. The number of imide groups is 1. The number of carbonyl (C=O) groups excluding carboxylic acids is 2. The van der Waals surface area contributed by atoms with E-state index in [1.807, 2.05) is 45.0 Å². The summed E-state index contributed by atoms with van der Waals surface area (Å²) in [5.74, 6) is 0.764. The van der Waals surface area contributed by atoms with Gasteiger partial charge < -0.3 is 4.74 Å². The minimum absolute atomic E-state index is 0.0642. The summed E-state index contributed by atoms with van der Waals surface area (Å²) in [5, 5.41) is 0.474. The molecule has 2 aromatic rings. The maximum Gasteiger partial charge on any atom is 0.272 e. The maximum atomic E-state index is 13.1. The lowest BCUT2D eigenvalue weighted by Crippen LogP contribution is -2.31. The molecule has 2 aromatic carbocycles. The van der Waals surface area contributed by atoms with Gasteiger partial charge in [-0.15, -0.1) is 11.8 Å². The van der Waals surface area contributed by atoms with Crippen molar-refractivity contribution in [3.63, 3.8) is 0 Å². The number of nitrogens with zero attached hydrogens (tertiary/aromatic N) is 1. The summed E-state index contributed by atoms with van der Waals surface area (Å²) >= 11 is 7.42. The van der Waals surface area contributed by atoms with Crippen LogP contribution in [0.15, 0.2) is 53.4 Å². The first-order valence-corrected chi connectivity index (χ1v) is 10.1. The molecule has 0 bridgehead atoms. The van der Waals surface area contributed by atoms with Crippen LogP contribution in [0.25, 0.3) is 5.57 Å². The molecule has 0 saturated carbocycles. The van der Waals surface area contributed by atoms with Crippen LogP contribution in [0.1, 0.15) is 26.3 Å². The van der Waals surface area contributed by atoms with Crippen LogP contribution in [-0.4, -0.2) is 23.7 Å². The first-order chi connectivity index (χ1) is 12.9. The van der Waals surface area contributed by atoms with Crippen molar-refractivity contribution in [2.24, 2.45) is 0 Å². The second-order valence-electron chi connectivity index (χ2n) is 6.25. The van der Waals surface area contributed by atoms with Gasteiger partial charge in [-0.3, -0.25) is 9.59 Å². The topological polar surface area (TPSA) is 46.6 Å². The van der Waals surface area contributed by atoms with Crippen LogP contribution in [0.4, 0.5) is 5.69 Å². The molecule has 0 saturated heterocycles. The lowest BCUT2D eigenvalue weighted by molar-refractivity contribution is -0.119. The smallest absolute Gasteiger partial charge is 0.272 e. The van der Waals surface area contributed by atoms with Gasteiger partial charge in [-0.1, -0.05) is 36.7 Å². The Hall–Kier alpha value is -2.24. The number of amides is 2. The normalized spacial score (nSPS) is 14.5. The molecule has 0 N–H and O–H groups in total. The zero-order valence-electron chi connectivity index (χ0n) is 15.4. The summed E-state index contributed by atoms with van der Waals surface area (Å²) in [6.07, 6.45) is 0.0642. The fourth-order valence-corrected chi connectivity index (χ4v) is 3.90. The molecular formula is C21H20ClNO3S. The van der Waals surface area contributed by atoms with E-state index in [1.54, 1.807) is 24.3 Å². The largest absolute Gasteiger partial charge is 0.491 e. The summed E-state index contributed by atoms with van der Waals surface area (Å²) in [7, 11) is 0. The fourth-order valence-electron chi connectivity index (χ4n) is 2.86. The standard InChI is InChI=1S/C21H20ClNO3S/c1-4-27-19-18(14-8-10-17(11-9-14)26-13(2)3)20(24)23(21(19)25)16-7-5-6-15(22)12-16/h5-13H,4H2,1-3H3. The van der Waals surface area contributed by atoms with Crippen LogP contribution in [0, 0.1) is 0 Å². The highest BCUT2D eigenvalue weighted by Crippen LogP contribution is 2.39. The van der Waals surface area contributed by atoms with E-state index in [1.165, 1.54) is 16.7 Å². The van der Waals surface area contributed by atoms with Gasteiger partial charge in [-0.25, -0.2) is 4.90 Å². The van der Waals surface area contributed by atoms with Crippen LogP contribution >= 0.6 is 23.4 Å². The molecule has 6 heteroatoms. The lowest BCUT2D eigenvalue weighted by Gasteiger charge is -2.15. The predicted molar refractivity (Wildman–Crippen MR) is 111 cm³/mol. The number of halogens is 1. The van der Waals surface area contributed by atoms with Gasteiger partial charge in [-0.2, -0.15) is 0 Å². The number of benzene rings is 2. The Kier molecular flexibility index (Phi) is 5.92. The van der Waals surface area contributed by atoms with E-state index in [-0.39, 0.29) is 17.9 Å². The predicted octanol–water partition coefficient (Wildman–Crippen LogP) is 5.16. The Balaban J connectivity index is 2.01. The molecular weight excluding hydrogens is 382 g/mol. The van der Waals surface area contributed by atoms with Crippen molar-refractivity contribution in [2.75, 3.05) is 10.7 Å². The minimum atomic E-state index is -0.337. The van der Waals surface area contributed by atoms with Gasteiger partial charge in [0.05, 0.1) is 22.3 Å². The molecule has 4 nitrogen and oxygen atoms in total. The molecule has 0 aliphatic carbocycles. The first-order valence-electron chi connectivity index (χ1n) is 8.71. The molecule has 1 aliphatic heterocycles. The van der Waals surface area contributed by atoms with Crippen LogP contribution in [0.5, 0.6) is 5.75 Å². The van der Waals surface area contributed by atoms with E-state index >= 15 is 0 Å². The number of hydrogen-bond acceptors (Lipinski definition) is 4. The van der Waals surface area contributed by atoms with Crippen molar-refractivity contribution in [1.82, 2.24) is 0 Å². The van der Waals surface area contributed by atoms with Crippen LogP contribution < -0.4 is 9.64 Å². The molecule has 1 heterocycles. The third-order valence-electron chi connectivity index (χ3n) is 3.91. The molecule has 3 rings (SSSR count). The highest BCUT2D eigenvalue weighted by atomic mass is 35.5. The molecule has 0 radical (unpaired) electrons. The van der Waals surface area contributed by atoms with Crippen molar-refractivity contribution < 1.29 is 14.3 Å². The molecule has 27 heavy (non-hydrogen) atoms.